The molecule has 4 rings (SSSR count). The van der Waals surface area contributed by atoms with Crippen molar-refractivity contribution in [3.05, 3.63) is 64.2 Å². The number of pyridine rings is 1. The van der Waals surface area contributed by atoms with E-state index in [0.717, 1.165) is 4.68 Å². The Labute approximate surface area is 168 Å². The van der Waals surface area contributed by atoms with Crippen LogP contribution in [0.2, 0.25) is 5.02 Å². The van der Waals surface area contributed by atoms with Crippen LogP contribution >= 0.6 is 11.6 Å². The number of aryl methyl sites for hydroxylation is 1. The molecular weight excluding hydrogens is 350 g/mol. The minimum atomic E-state index is -3.16. The molecule has 1 fully saturated rings. The molecule has 0 radical (unpaired) electrons. The Morgan fingerprint density at radius 3 is 2.81 bits per heavy atom. The van der Waals surface area contributed by atoms with Gasteiger partial charge in [-0.3, -0.25) is 9.30 Å². The van der Waals surface area contributed by atoms with Crippen LogP contribution < -0.4 is 10.6 Å². The average Bonchev–Trinajstić information content (AvgIpc) is 3.01. The second-order valence-corrected chi connectivity index (χ2v) is 6.08. The van der Waals surface area contributed by atoms with Crippen LogP contribution in [0.15, 0.2) is 53.5 Å². The van der Waals surface area contributed by atoms with Gasteiger partial charge in [0.1, 0.15) is 0 Å². The van der Waals surface area contributed by atoms with Gasteiger partial charge in [-0.15, -0.1) is 5.10 Å². The number of aromatic nitrogens is 3. The fourth-order valence-electron chi connectivity index (χ4n) is 2.62. The minimum Gasteiger partial charge on any atom is -0.369 e. The predicted molar refractivity (Wildman–Crippen MR) is 104 cm³/mol. The first-order chi connectivity index (χ1) is 15.7. The highest BCUT2D eigenvalue weighted by Gasteiger charge is 2.17. The molecule has 0 bridgehead atoms. The Morgan fingerprint density at radius 2 is 2.04 bits per heavy atom. The van der Waals surface area contributed by atoms with Crippen LogP contribution in [0, 0.1) is 0 Å². The molecule has 2 aromatic heterocycles. The molecule has 0 saturated carbocycles. The quantitative estimate of drug-likeness (QED) is 0.682. The van der Waals surface area contributed by atoms with Crippen LogP contribution in [0.4, 0.5) is 5.69 Å². The third kappa shape index (κ3) is 3.61. The van der Waals surface area contributed by atoms with Gasteiger partial charge in [-0.05, 0) is 36.7 Å². The summed E-state index contributed by atoms with van der Waals surface area (Å²) in [4.78, 5) is 14.3. The second-order valence-electron chi connectivity index (χ2n) is 5.65. The summed E-state index contributed by atoms with van der Waals surface area (Å²) >= 11 is 6.02. The maximum Gasteiger partial charge on any atom is 0.350 e. The maximum atomic E-state index is 12.6. The number of rotatable bonds is 5. The van der Waals surface area contributed by atoms with Gasteiger partial charge in [0.2, 0.25) is 0 Å². The summed E-state index contributed by atoms with van der Waals surface area (Å²) in [6.45, 7) is -10.1. The highest BCUT2D eigenvalue weighted by atomic mass is 35.5. The lowest BCUT2D eigenvalue weighted by Gasteiger charge is -2.36. The smallest absolute Gasteiger partial charge is 0.350 e. The van der Waals surface area contributed by atoms with Crippen molar-refractivity contribution in [3.8, 4) is 0 Å². The van der Waals surface area contributed by atoms with Gasteiger partial charge in [0, 0.05) is 67.0 Å². The summed E-state index contributed by atoms with van der Waals surface area (Å²) in [7, 11) is 0. The summed E-state index contributed by atoms with van der Waals surface area (Å²) in [5.74, 6) is 0. The van der Waals surface area contributed by atoms with E-state index >= 15 is 0 Å². The fourth-order valence-corrected chi connectivity index (χ4v) is 2.80. The number of piperazine rings is 1. The standard InChI is InChI=1S/C19H22ClN5O/c20-16-5-3-6-17(15-16)23-13-11-22(12-14-23)8-4-10-25-19(26)24-9-2-1-7-18(24)21-25/h1-3,5-7,9,15H,4,8,10-14H2/i4D2,8D2,11D2,12D2. The first kappa shape index (κ1) is 10.1. The Morgan fingerprint density at radius 1 is 1.19 bits per heavy atom. The van der Waals surface area contributed by atoms with Crippen molar-refractivity contribution in [2.24, 2.45) is 0 Å². The monoisotopic (exact) mass is 379 g/mol. The van der Waals surface area contributed by atoms with E-state index in [-0.39, 0.29) is 10.5 Å². The molecule has 1 aromatic carbocycles. The van der Waals surface area contributed by atoms with E-state index in [0.29, 0.717) is 10.7 Å². The van der Waals surface area contributed by atoms with Gasteiger partial charge >= 0.3 is 5.69 Å². The highest BCUT2D eigenvalue weighted by molar-refractivity contribution is 6.30. The summed E-state index contributed by atoms with van der Waals surface area (Å²) in [5.41, 5.74) is 0.0106. The zero-order chi connectivity index (χ0) is 25.1. The van der Waals surface area contributed by atoms with Crippen molar-refractivity contribution in [2.45, 2.75) is 12.9 Å². The van der Waals surface area contributed by atoms with Crippen LogP contribution in [-0.4, -0.2) is 51.7 Å². The maximum absolute atomic E-state index is 12.6. The van der Waals surface area contributed by atoms with Crippen LogP contribution in [0.1, 0.15) is 17.3 Å². The second kappa shape index (κ2) is 7.51. The third-order valence-electron chi connectivity index (χ3n) is 3.92. The number of halogens is 1. The number of benzene rings is 1. The molecule has 1 aliphatic rings. The molecular formula is C19H22ClN5O. The molecule has 0 atom stereocenters. The van der Waals surface area contributed by atoms with E-state index < -0.39 is 51.2 Å². The molecule has 1 saturated heterocycles. The van der Waals surface area contributed by atoms with E-state index in [2.05, 4.69) is 5.10 Å². The first-order valence-corrected chi connectivity index (χ1v) is 8.39. The van der Waals surface area contributed by atoms with E-state index in [1.165, 1.54) is 21.6 Å². The molecule has 0 spiro atoms. The SMILES string of the molecule is [2H]C1([2H])CN(c2cccc(Cl)c2)CC([2H])([2H])N1C([2H])([2H])C([2H])([2H])Cn1nc2ccccn2c1=O. The van der Waals surface area contributed by atoms with E-state index in [1.54, 1.807) is 36.4 Å². The normalized spacial score (nSPS) is 25.2. The Bertz CT molecular complexity index is 1260. The zero-order valence-electron chi connectivity index (χ0n) is 21.8. The van der Waals surface area contributed by atoms with Gasteiger partial charge in [0.05, 0.1) is 0 Å². The van der Waals surface area contributed by atoms with Gasteiger partial charge in [-0.2, -0.15) is 0 Å². The van der Waals surface area contributed by atoms with Crippen molar-refractivity contribution in [1.82, 2.24) is 19.1 Å². The molecule has 136 valence electrons. The van der Waals surface area contributed by atoms with Gasteiger partial charge < -0.3 is 4.90 Å². The van der Waals surface area contributed by atoms with Gasteiger partial charge in [0.15, 0.2) is 5.65 Å². The van der Waals surface area contributed by atoms with Crippen molar-refractivity contribution < 1.29 is 11.0 Å². The Kier molecular flexibility index (Phi) is 2.93. The molecule has 7 heteroatoms. The fraction of sp³-hybridized carbons (Fsp3) is 0.368. The molecule has 0 aliphatic carbocycles. The summed E-state index contributed by atoms with van der Waals surface area (Å²) in [6, 6.07) is 11.2. The lowest BCUT2D eigenvalue weighted by atomic mass is 10.2. The third-order valence-corrected chi connectivity index (χ3v) is 4.16. The molecule has 3 aromatic rings. The molecule has 0 amide bonds. The zero-order valence-corrected chi connectivity index (χ0v) is 14.5. The number of anilines is 1. The lowest BCUT2D eigenvalue weighted by molar-refractivity contribution is 0.248. The summed E-state index contributed by atoms with van der Waals surface area (Å²) in [5, 5.41) is 4.40. The van der Waals surface area contributed by atoms with E-state index in [9.17, 15) is 4.79 Å². The molecule has 0 unspecified atom stereocenters. The van der Waals surface area contributed by atoms with Crippen molar-refractivity contribution in [1.29, 1.82) is 0 Å². The average molecular weight is 380 g/mol. The van der Waals surface area contributed by atoms with E-state index in [1.807, 2.05) is 0 Å². The van der Waals surface area contributed by atoms with Gasteiger partial charge in [0.25, 0.3) is 0 Å². The molecule has 0 N–H and O–H groups in total. The predicted octanol–water partition coefficient (Wildman–Crippen LogP) is 2.36. The first-order valence-electron chi connectivity index (χ1n) is 12.0. The minimum absolute atomic E-state index is 0.240. The Balaban J connectivity index is 1.68. The number of fused-ring (bicyclic) bond motifs is 1. The van der Waals surface area contributed by atoms with E-state index in [4.69, 9.17) is 22.6 Å². The van der Waals surface area contributed by atoms with Crippen LogP contribution in [0.5, 0.6) is 0 Å². The highest BCUT2D eigenvalue weighted by Crippen LogP contribution is 2.20. The lowest BCUT2D eigenvalue weighted by Crippen LogP contribution is -2.46. The number of hydrogen-bond acceptors (Lipinski definition) is 4. The number of nitrogens with zero attached hydrogens (tertiary/aromatic N) is 5. The molecule has 6 nitrogen and oxygen atoms in total. The number of hydrogen-bond donors (Lipinski definition) is 0. The molecule has 26 heavy (non-hydrogen) atoms. The van der Waals surface area contributed by atoms with Crippen LogP contribution in [0.3, 0.4) is 0 Å². The van der Waals surface area contributed by atoms with Crippen LogP contribution in [-0.2, 0) is 6.54 Å². The summed E-state index contributed by atoms with van der Waals surface area (Å²) < 4.78 is 69.9. The molecule has 3 heterocycles. The summed E-state index contributed by atoms with van der Waals surface area (Å²) in [6.07, 6.45) is -1.45. The largest absolute Gasteiger partial charge is 0.369 e. The van der Waals surface area contributed by atoms with Gasteiger partial charge in [-0.25, -0.2) is 9.48 Å². The van der Waals surface area contributed by atoms with Crippen LogP contribution in [0.25, 0.3) is 5.65 Å². The topological polar surface area (TPSA) is 45.8 Å². The Hall–Kier alpha value is -2.31. The van der Waals surface area contributed by atoms with Crippen molar-refractivity contribution in [3.63, 3.8) is 0 Å². The van der Waals surface area contributed by atoms with Gasteiger partial charge in [-0.1, -0.05) is 23.7 Å². The van der Waals surface area contributed by atoms with Crippen molar-refractivity contribution in [2.75, 3.05) is 37.5 Å². The van der Waals surface area contributed by atoms with Crippen molar-refractivity contribution >= 4 is 22.9 Å². The molecule has 1 aliphatic heterocycles.